The van der Waals surface area contributed by atoms with Crippen molar-refractivity contribution in [3.63, 3.8) is 0 Å². The van der Waals surface area contributed by atoms with Crippen LogP contribution >= 0.6 is 0 Å². The summed E-state index contributed by atoms with van der Waals surface area (Å²) < 4.78 is 16.9. The Morgan fingerprint density at radius 2 is 0.482 bits per heavy atom. The highest BCUT2D eigenvalue weighted by Crippen LogP contribution is 2.16. The van der Waals surface area contributed by atoms with E-state index >= 15 is 0 Å². The maximum absolute atomic E-state index is 13.0. The van der Waals surface area contributed by atoms with Crippen molar-refractivity contribution in [3.05, 3.63) is 134 Å². The molecule has 6 nitrogen and oxygen atoms in total. The second-order valence-electron chi connectivity index (χ2n) is 22.7. The number of hydrogen-bond donors (Lipinski definition) is 0. The Morgan fingerprint density at radius 3 is 0.807 bits per heavy atom. The summed E-state index contributed by atoms with van der Waals surface area (Å²) in [5.41, 5.74) is 0. The summed E-state index contributed by atoms with van der Waals surface area (Å²) in [6.07, 6.45) is 98.9. The van der Waals surface area contributed by atoms with Crippen molar-refractivity contribution >= 4 is 17.9 Å². The highest BCUT2D eigenvalue weighted by atomic mass is 16.6. The molecule has 0 radical (unpaired) electrons. The second kappa shape index (κ2) is 70.0. The van der Waals surface area contributed by atoms with Gasteiger partial charge in [-0.2, -0.15) is 0 Å². The molecule has 0 bridgehead atoms. The van der Waals surface area contributed by atoms with Crippen LogP contribution in [-0.4, -0.2) is 37.2 Å². The van der Waals surface area contributed by atoms with Crippen LogP contribution in [0.3, 0.4) is 0 Å². The van der Waals surface area contributed by atoms with Gasteiger partial charge in [-0.05, 0) is 135 Å². The molecule has 0 aromatic heterocycles. The molecule has 0 rings (SSSR count). The Labute approximate surface area is 513 Å². The van der Waals surface area contributed by atoms with E-state index in [9.17, 15) is 14.4 Å². The lowest BCUT2D eigenvalue weighted by Crippen LogP contribution is -2.30. The number of carbonyl (C=O) groups excluding carboxylic acids is 3. The average molecular weight is 1150 g/mol. The summed E-state index contributed by atoms with van der Waals surface area (Å²) >= 11 is 0. The first-order valence-corrected chi connectivity index (χ1v) is 34.7. The third-order valence-electron chi connectivity index (χ3n) is 14.6. The van der Waals surface area contributed by atoms with E-state index in [1.165, 1.54) is 167 Å². The van der Waals surface area contributed by atoms with Gasteiger partial charge in [-0.25, -0.2) is 0 Å². The SMILES string of the molecule is CC/C=C\C/C=C\C/C=C\C/C=C\C/C=C\C/C=C\C/C=C\CCCC(=O)OCC(COC(=O)CCCCCCCCCCC/C=C\C/C=C\CCCCC)OC(=O)CCCCCCCCCCCCC/C=C\C/C=C\CCCCCCC. The fraction of sp³-hybridized carbons (Fsp3) is 0.675. The van der Waals surface area contributed by atoms with Crippen LogP contribution in [0.15, 0.2) is 134 Å². The summed E-state index contributed by atoms with van der Waals surface area (Å²) in [5, 5.41) is 0. The molecule has 0 saturated carbocycles. The van der Waals surface area contributed by atoms with Gasteiger partial charge < -0.3 is 14.2 Å². The van der Waals surface area contributed by atoms with E-state index in [1.54, 1.807) is 0 Å². The molecule has 0 amide bonds. The van der Waals surface area contributed by atoms with Crippen LogP contribution in [0.5, 0.6) is 0 Å². The summed E-state index contributed by atoms with van der Waals surface area (Å²) in [5.74, 6) is -0.962. The van der Waals surface area contributed by atoms with Crippen molar-refractivity contribution in [3.8, 4) is 0 Å². The van der Waals surface area contributed by atoms with Crippen molar-refractivity contribution in [2.45, 2.75) is 322 Å². The van der Waals surface area contributed by atoms with Crippen molar-refractivity contribution in [2.24, 2.45) is 0 Å². The molecular weight excluding hydrogens is 1020 g/mol. The minimum Gasteiger partial charge on any atom is -0.462 e. The molecule has 0 aliphatic rings. The molecule has 0 saturated heterocycles. The van der Waals surface area contributed by atoms with Gasteiger partial charge in [-0.3, -0.25) is 14.4 Å². The van der Waals surface area contributed by atoms with Gasteiger partial charge in [0, 0.05) is 19.3 Å². The van der Waals surface area contributed by atoms with Gasteiger partial charge in [-0.1, -0.05) is 296 Å². The number of allylic oxidation sites excluding steroid dienone is 22. The first kappa shape index (κ1) is 78.5. The van der Waals surface area contributed by atoms with Gasteiger partial charge in [0.25, 0.3) is 0 Å². The van der Waals surface area contributed by atoms with Gasteiger partial charge in [-0.15, -0.1) is 0 Å². The van der Waals surface area contributed by atoms with Crippen LogP contribution in [0.25, 0.3) is 0 Å². The van der Waals surface area contributed by atoms with E-state index in [2.05, 4.69) is 154 Å². The largest absolute Gasteiger partial charge is 0.462 e. The number of ether oxygens (including phenoxy) is 3. The molecule has 0 aromatic carbocycles. The second-order valence-corrected chi connectivity index (χ2v) is 22.7. The van der Waals surface area contributed by atoms with E-state index < -0.39 is 6.10 Å². The molecule has 0 heterocycles. The standard InChI is InChI=1S/C77H128O6/c1-4-7-10-13-16-19-22-25-28-31-34-36-38-40-43-46-49-52-55-58-61-64-67-70-76(79)82-73-74(72-81-75(78)69-66-63-60-57-54-51-48-45-42-33-30-27-24-21-18-15-12-9-6-3)83-77(80)71-68-65-62-59-56-53-50-47-44-41-39-37-35-32-29-26-23-20-17-14-11-8-5-2/h7,10,16,18-19,21,23,25-28,30,32,34-36,40,43,49,52,58,61,74H,4-6,8-9,11-15,17,20,22,24,29,31,33,37-39,41-42,44-48,50-51,53-57,59-60,62-73H2,1-3H3/b10-7-,19-16-,21-18-,26-23-,28-25-,30-27-,35-32-,36-34-,43-40-,52-49-,61-58-. The third-order valence-corrected chi connectivity index (χ3v) is 14.6. The van der Waals surface area contributed by atoms with E-state index in [-0.39, 0.29) is 37.5 Å². The lowest BCUT2D eigenvalue weighted by molar-refractivity contribution is -0.167. The average Bonchev–Trinajstić information content (AvgIpc) is 3.49. The van der Waals surface area contributed by atoms with E-state index in [0.29, 0.717) is 19.3 Å². The Bertz CT molecular complexity index is 1750. The van der Waals surface area contributed by atoms with Crippen LogP contribution in [0.2, 0.25) is 0 Å². The smallest absolute Gasteiger partial charge is 0.306 e. The lowest BCUT2D eigenvalue weighted by atomic mass is 10.0. The zero-order valence-corrected chi connectivity index (χ0v) is 54.2. The topological polar surface area (TPSA) is 78.9 Å². The van der Waals surface area contributed by atoms with Gasteiger partial charge in [0.1, 0.15) is 13.2 Å². The van der Waals surface area contributed by atoms with Crippen molar-refractivity contribution in [1.29, 1.82) is 0 Å². The fourth-order valence-electron chi connectivity index (χ4n) is 9.43. The van der Waals surface area contributed by atoms with Crippen LogP contribution in [0.1, 0.15) is 316 Å². The van der Waals surface area contributed by atoms with E-state index in [0.717, 1.165) is 103 Å². The minimum absolute atomic E-state index is 0.102. The zero-order valence-electron chi connectivity index (χ0n) is 54.2. The summed E-state index contributed by atoms with van der Waals surface area (Å²) in [7, 11) is 0. The molecule has 0 aliphatic carbocycles. The Kier molecular flexibility index (Phi) is 66.3. The Hall–Kier alpha value is -4.45. The van der Waals surface area contributed by atoms with E-state index in [1.807, 2.05) is 0 Å². The molecule has 6 heteroatoms. The van der Waals surface area contributed by atoms with Crippen LogP contribution in [0, 0.1) is 0 Å². The molecule has 1 atom stereocenters. The first-order valence-electron chi connectivity index (χ1n) is 34.7. The maximum atomic E-state index is 13.0. The maximum Gasteiger partial charge on any atom is 0.306 e. The Morgan fingerprint density at radius 1 is 0.253 bits per heavy atom. The van der Waals surface area contributed by atoms with E-state index in [4.69, 9.17) is 14.2 Å². The molecule has 0 aromatic rings. The molecule has 0 fully saturated rings. The normalized spacial score (nSPS) is 13.0. The number of carbonyl (C=O) groups is 3. The quantitative estimate of drug-likeness (QED) is 0.0261. The number of esters is 3. The molecular formula is C77H128O6. The minimum atomic E-state index is -0.812. The van der Waals surface area contributed by atoms with Gasteiger partial charge in [0.05, 0.1) is 0 Å². The summed E-state index contributed by atoms with van der Waals surface area (Å²) in [4.78, 5) is 38.5. The van der Waals surface area contributed by atoms with Crippen molar-refractivity contribution in [2.75, 3.05) is 13.2 Å². The molecule has 0 aliphatic heterocycles. The lowest BCUT2D eigenvalue weighted by Gasteiger charge is -2.18. The third kappa shape index (κ3) is 68.2. The Balaban J connectivity index is 4.49. The summed E-state index contributed by atoms with van der Waals surface area (Å²) in [6.45, 7) is 6.46. The predicted molar refractivity (Wildman–Crippen MR) is 362 cm³/mol. The zero-order chi connectivity index (χ0) is 59.9. The monoisotopic (exact) mass is 1150 g/mol. The predicted octanol–water partition coefficient (Wildman–Crippen LogP) is 24.1. The first-order chi connectivity index (χ1) is 41.0. The van der Waals surface area contributed by atoms with Crippen LogP contribution in [0.4, 0.5) is 0 Å². The highest BCUT2D eigenvalue weighted by Gasteiger charge is 2.19. The number of hydrogen-bond acceptors (Lipinski definition) is 6. The van der Waals surface area contributed by atoms with Gasteiger partial charge >= 0.3 is 17.9 Å². The number of unbranched alkanes of at least 4 members (excludes halogenated alkanes) is 29. The highest BCUT2D eigenvalue weighted by molar-refractivity contribution is 5.71. The van der Waals surface area contributed by atoms with Crippen LogP contribution < -0.4 is 0 Å². The van der Waals surface area contributed by atoms with Gasteiger partial charge in [0.2, 0.25) is 0 Å². The van der Waals surface area contributed by atoms with Gasteiger partial charge in [0.15, 0.2) is 6.10 Å². The molecule has 1 unspecified atom stereocenters. The fourth-order valence-corrected chi connectivity index (χ4v) is 9.43. The van der Waals surface area contributed by atoms with Crippen LogP contribution in [-0.2, 0) is 28.6 Å². The molecule has 0 spiro atoms. The summed E-state index contributed by atoms with van der Waals surface area (Å²) in [6, 6.07) is 0. The van der Waals surface area contributed by atoms with Crippen molar-refractivity contribution in [1.82, 2.24) is 0 Å². The van der Waals surface area contributed by atoms with Crippen molar-refractivity contribution < 1.29 is 28.6 Å². The molecule has 472 valence electrons. The number of rotatable bonds is 62. The molecule has 0 N–H and O–H groups in total. The molecule has 83 heavy (non-hydrogen) atoms.